The fraction of sp³-hybridized carbons (Fsp3) is 0.533. The molecule has 1 aliphatic rings. The zero-order chi connectivity index (χ0) is 15.9. The summed E-state index contributed by atoms with van der Waals surface area (Å²) in [4.78, 5) is 22.2. The van der Waals surface area contributed by atoms with E-state index in [-0.39, 0.29) is 12.1 Å². The molecule has 22 heavy (non-hydrogen) atoms. The monoisotopic (exact) mass is 322 g/mol. The highest BCUT2D eigenvalue weighted by molar-refractivity contribution is 6.33. The van der Waals surface area contributed by atoms with Gasteiger partial charge in [0.15, 0.2) is 0 Å². The highest BCUT2D eigenvalue weighted by Crippen LogP contribution is 2.29. The molecule has 0 N–H and O–H groups in total. The number of carbonyl (C=O) groups excluding carboxylic acids is 1. The fourth-order valence-corrected chi connectivity index (χ4v) is 2.89. The van der Waals surface area contributed by atoms with Gasteiger partial charge in [-0.05, 0) is 33.3 Å². The van der Waals surface area contributed by atoms with Crippen LogP contribution in [0.3, 0.4) is 0 Å². The molecule has 3 rings (SSSR count). The quantitative estimate of drug-likeness (QED) is 0.756. The molecular weight excluding hydrogens is 304 g/mol. The van der Waals surface area contributed by atoms with Gasteiger partial charge in [0.1, 0.15) is 22.7 Å². The summed E-state index contributed by atoms with van der Waals surface area (Å²) in [6.07, 6.45) is 4.01. The average molecular weight is 323 g/mol. The van der Waals surface area contributed by atoms with Crippen LogP contribution in [0, 0.1) is 0 Å². The molecule has 0 aromatic carbocycles. The maximum absolute atomic E-state index is 12.1. The minimum atomic E-state index is -0.476. The van der Waals surface area contributed by atoms with Crippen LogP contribution in [0.25, 0.3) is 11.0 Å². The maximum atomic E-state index is 12.1. The van der Waals surface area contributed by atoms with Gasteiger partial charge in [-0.2, -0.15) is 0 Å². The minimum Gasteiger partial charge on any atom is -0.444 e. The SMILES string of the molecule is CC(C)(C)OC(=O)N1CCC(n2ccc3c(Cl)ncnc32)C1. The summed E-state index contributed by atoms with van der Waals surface area (Å²) in [6.45, 7) is 6.91. The van der Waals surface area contributed by atoms with E-state index in [0.717, 1.165) is 17.5 Å². The molecule has 1 fully saturated rings. The molecule has 0 spiro atoms. The minimum absolute atomic E-state index is 0.177. The molecule has 1 aliphatic heterocycles. The first-order chi connectivity index (χ1) is 10.3. The van der Waals surface area contributed by atoms with E-state index in [4.69, 9.17) is 16.3 Å². The van der Waals surface area contributed by atoms with E-state index in [9.17, 15) is 4.79 Å². The van der Waals surface area contributed by atoms with Gasteiger partial charge >= 0.3 is 6.09 Å². The Kier molecular flexibility index (Phi) is 3.72. The van der Waals surface area contributed by atoms with Crippen LogP contribution in [0.4, 0.5) is 4.79 Å². The number of amides is 1. The first-order valence-corrected chi connectivity index (χ1v) is 7.68. The molecule has 1 atom stereocenters. The first-order valence-electron chi connectivity index (χ1n) is 7.30. The van der Waals surface area contributed by atoms with E-state index in [1.807, 2.05) is 33.0 Å². The number of nitrogens with zero attached hydrogens (tertiary/aromatic N) is 4. The van der Waals surface area contributed by atoms with Crippen LogP contribution < -0.4 is 0 Å². The highest BCUT2D eigenvalue weighted by Gasteiger charge is 2.31. The van der Waals surface area contributed by atoms with Gasteiger partial charge in [0.25, 0.3) is 0 Å². The number of aromatic nitrogens is 3. The molecule has 3 heterocycles. The van der Waals surface area contributed by atoms with Gasteiger partial charge in [0.05, 0.1) is 11.4 Å². The number of likely N-dealkylation sites (tertiary alicyclic amines) is 1. The second-order valence-electron chi connectivity index (χ2n) is 6.49. The summed E-state index contributed by atoms with van der Waals surface area (Å²) >= 11 is 6.08. The number of ether oxygens (including phenoxy) is 1. The van der Waals surface area contributed by atoms with Crippen molar-refractivity contribution in [1.82, 2.24) is 19.4 Å². The van der Waals surface area contributed by atoms with E-state index < -0.39 is 5.60 Å². The summed E-state index contributed by atoms with van der Waals surface area (Å²) in [6, 6.07) is 2.09. The van der Waals surface area contributed by atoms with Crippen molar-refractivity contribution in [3.63, 3.8) is 0 Å². The van der Waals surface area contributed by atoms with Crippen molar-refractivity contribution < 1.29 is 9.53 Å². The molecule has 6 nitrogen and oxygen atoms in total. The molecule has 1 saturated heterocycles. The molecule has 7 heteroatoms. The molecule has 0 radical (unpaired) electrons. The molecule has 1 amide bonds. The Morgan fingerprint density at radius 1 is 1.41 bits per heavy atom. The molecule has 0 aliphatic carbocycles. The third-order valence-electron chi connectivity index (χ3n) is 3.67. The van der Waals surface area contributed by atoms with Gasteiger partial charge < -0.3 is 14.2 Å². The van der Waals surface area contributed by atoms with Crippen LogP contribution in [0.5, 0.6) is 0 Å². The number of hydrogen-bond acceptors (Lipinski definition) is 4. The lowest BCUT2D eigenvalue weighted by Crippen LogP contribution is -2.35. The summed E-state index contributed by atoms with van der Waals surface area (Å²) in [5.74, 6) is 0. The Hall–Kier alpha value is -1.82. The van der Waals surface area contributed by atoms with Gasteiger partial charge in [0.2, 0.25) is 0 Å². The molecule has 0 saturated carbocycles. The van der Waals surface area contributed by atoms with Crippen molar-refractivity contribution in [1.29, 1.82) is 0 Å². The summed E-state index contributed by atoms with van der Waals surface area (Å²) in [5, 5.41) is 1.28. The van der Waals surface area contributed by atoms with Crippen LogP contribution in [0.2, 0.25) is 5.15 Å². The van der Waals surface area contributed by atoms with Gasteiger partial charge in [-0.15, -0.1) is 0 Å². The number of halogens is 1. The van der Waals surface area contributed by atoms with Crippen LogP contribution in [-0.4, -0.2) is 44.2 Å². The van der Waals surface area contributed by atoms with Crippen molar-refractivity contribution in [2.45, 2.75) is 38.8 Å². The molecule has 118 valence electrons. The van der Waals surface area contributed by atoms with E-state index in [1.54, 1.807) is 4.90 Å². The van der Waals surface area contributed by atoms with Crippen molar-refractivity contribution in [2.24, 2.45) is 0 Å². The topological polar surface area (TPSA) is 60.2 Å². The average Bonchev–Trinajstić information content (AvgIpc) is 3.03. The predicted molar refractivity (Wildman–Crippen MR) is 84.0 cm³/mol. The van der Waals surface area contributed by atoms with Crippen molar-refractivity contribution in [3.8, 4) is 0 Å². The zero-order valence-electron chi connectivity index (χ0n) is 12.9. The molecule has 2 aromatic rings. The van der Waals surface area contributed by atoms with Gasteiger partial charge in [-0.25, -0.2) is 14.8 Å². The normalized spacial score (nSPS) is 18.9. The Balaban J connectivity index is 1.77. The van der Waals surface area contributed by atoms with E-state index in [2.05, 4.69) is 14.5 Å². The van der Waals surface area contributed by atoms with Crippen molar-refractivity contribution in [2.75, 3.05) is 13.1 Å². The molecule has 1 unspecified atom stereocenters. The van der Waals surface area contributed by atoms with Gasteiger partial charge in [-0.1, -0.05) is 11.6 Å². The number of carbonyl (C=O) groups is 1. The lowest BCUT2D eigenvalue weighted by atomic mass is 10.2. The second kappa shape index (κ2) is 5.43. The lowest BCUT2D eigenvalue weighted by molar-refractivity contribution is 0.0289. The Morgan fingerprint density at radius 3 is 2.91 bits per heavy atom. The standard InChI is InChI=1S/C15H19ClN4O2/c1-15(2,3)22-14(21)19-6-4-10(8-19)20-7-5-11-12(16)17-9-18-13(11)20/h5,7,9-10H,4,6,8H2,1-3H3. The van der Waals surface area contributed by atoms with Crippen LogP contribution in [-0.2, 0) is 4.74 Å². The Bertz CT molecular complexity index is 707. The lowest BCUT2D eigenvalue weighted by Gasteiger charge is -2.24. The second-order valence-corrected chi connectivity index (χ2v) is 6.85. The summed E-state index contributed by atoms with van der Waals surface area (Å²) in [5.41, 5.74) is 0.326. The first kappa shape index (κ1) is 15.1. The van der Waals surface area contributed by atoms with Crippen LogP contribution in [0.15, 0.2) is 18.6 Å². The van der Waals surface area contributed by atoms with Crippen LogP contribution in [0.1, 0.15) is 33.2 Å². The Labute approximate surface area is 134 Å². The molecule has 2 aromatic heterocycles. The zero-order valence-corrected chi connectivity index (χ0v) is 13.7. The van der Waals surface area contributed by atoms with Crippen LogP contribution >= 0.6 is 11.6 Å². The summed E-state index contributed by atoms with van der Waals surface area (Å²) in [7, 11) is 0. The highest BCUT2D eigenvalue weighted by atomic mass is 35.5. The van der Waals surface area contributed by atoms with Crippen molar-refractivity contribution in [3.05, 3.63) is 23.7 Å². The fourth-order valence-electron chi connectivity index (χ4n) is 2.70. The number of rotatable bonds is 1. The third kappa shape index (κ3) is 2.88. The third-order valence-corrected chi connectivity index (χ3v) is 3.97. The van der Waals surface area contributed by atoms with Gasteiger partial charge in [-0.3, -0.25) is 0 Å². The summed E-state index contributed by atoms with van der Waals surface area (Å²) < 4.78 is 7.49. The predicted octanol–water partition coefficient (Wildman–Crippen LogP) is 3.27. The van der Waals surface area contributed by atoms with E-state index in [0.29, 0.717) is 18.2 Å². The maximum Gasteiger partial charge on any atom is 0.410 e. The number of fused-ring (bicyclic) bond motifs is 1. The molecule has 0 bridgehead atoms. The van der Waals surface area contributed by atoms with Gasteiger partial charge in [0, 0.05) is 19.3 Å². The van der Waals surface area contributed by atoms with E-state index in [1.165, 1.54) is 6.33 Å². The largest absolute Gasteiger partial charge is 0.444 e. The van der Waals surface area contributed by atoms with E-state index >= 15 is 0 Å². The molecular formula is C15H19ClN4O2. The number of hydrogen-bond donors (Lipinski definition) is 0. The smallest absolute Gasteiger partial charge is 0.410 e. The van der Waals surface area contributed by atoms with Crippen molar-refractivity contribution >= 4 is 28.7 Å². The Morgan fingerprint density at radius 2 is 2.18 bits per heavy atom.